The van der Waals surface area contributed by atoms with Crippen LogP contribution in [0.4, 0.5) is 0 Å². The highest BCUT2D eigenvalue weighted by molar-refractivity contribution is 6.58. The number of aromatic hydroxyl groups is 1. The number of halogens is 1. The molecule has 0 aliphatic rings. The largest absolute Gasteiger partial charge is 0.511 e. The molecule has 0 spiro atoms. The van der Waals surface area contributed by atoms with Crippen LogP contribution in [0.1, 0.15) is 24.2 Å². The molecule has 0 aliphatic carbocycles. The standard InChI is InChI=1S/C24H29B6ClN4O6/c1-2-38-11-16-32-20(36)18(21-34-33-17(39-21)10-12-6-8-13(31)9-7-12)22(37)35(16)19-14(40-23(25,26)27)4-3-5-15(19)41-24(28,29)30/h3-9,37H,2,10-11,25-30H2,1H3. The van der Waals surface area contributed by atoms with Crippen LogP contribution in [0.25, 0.3) is 17.1 Å². The van der Waals surface area contributed by atoms with Crippen molar-refractivity contribution in [2.75, 3.05) is 6.61 Å². The second kappa shape index (κ2) is 12.2. The average molecular weight is 570 g/mol. The van der Waals surface area contributed by atoms with Crippen LogP contribution in [0.2, 0.25) is 5.02 Å². The fraction of sp³-hybridized carbons (Fsp3) is 0.250. The van der Waals surface area contributed by atoms with Gasteiger partial charge in [-0.1, -0.05) is 29.8 Å². The van der Waals surface area contributed by atoms with E-state index in [1.165, 1.54) is 4.57 Å². The summed E-state index contributed by atoms with van der Waals surface area (Å²) in [4.78, 5) is 17.6. The number of hydrogen-bond acceptors (Lipinski definition) is 9. The molecule has 1 N–H and O–H groups in total. The molecule has 4 rings (SSSR count). The molecule has 10 nitrogen and oxygen atoms in total. The topological polar surface area (TPSA) is 122 Å². The van der Waals surface area contributed by atoms with E-state index in [-0.39, 0.29) is 29.8 Å². The highest BCUT2D eigenvalue weighted by Crippen LogP contribution is 2.39. The molecule has 0 saturated carbocycles. The van der Waals surface area contributed by atoms with Gasteiger partial charge >= 0.3 is 0 Å². The predicted octanol–water partition coefficient (Wildman–Crippen LogP) is -2.45. The van der Waals surface area contributed by atoms with Gasteiger partial charge in [-0.15, -0.1) is 10.2 Å². The molecule has 206 valence electrons. The summed E-state index contributed by atoms with van der Waals surface area (Å²) in [6, 6.07) is 12.5. The molecule has 0 amide bonds. The summed E-state index contributed by atoms with van der Waals surface area (Å²) in [6.07, 6.45) is 0.306. The third-order valence-corrected chi connectivity index (χ3v) is 5.79. The van der Waals surface area contributed by atoms with Crippen LogP contribution >= 0.6 is 11.6 Å². The van der Waals surface area contributed by atoms with Crippen molar-refractivity contribution < 1.29 is 23.7 Å². The molecule has 0 atom stereocenters. The third-order valence-electron chi connectivity index (χ3n) is 5.54. The monoisotopic (exact) mass is 570 g/mol. The number of aromatic nitrogens is 4. The van der Waals surface area contributed by atoms with E-state index in [1.54, 1.807) is 30.3 Å². The van der Waals surface area contributed by atoms with E-state index < -0.39 is 22.0 Å². The van der Waals surface area contributed by atoms with Crippen molar-refractivity contribution in [3.05, 3.63) is 75.1 Å². The first-order valence-corrected chi connectivity index (χ1v) is 13.6. The summed E-state index contributed by atoms with van der Waals surface area (Å²) in [5.74, 6) is 0.551. The van der Waals surface area contributed by atoms with Gasteiger partial charge in [0, 0.05) is 22.2 Å². The Morgan fingerprint density at radius 1 is 0.976 bits per heavy atom. The Hall–Kier alpha value is -3.50. The van der Waals surface area contributed by atoms with Crippen LogP contribution in [0.15, 0.2) is 51.7 Å². The minimum atomic E-state index is -0.748. The summed E-state index contributed by atoms with van der Waals surface area (Å²) in [6.45, 7) is 2.12. The predicted molar refractivity (Wildman–Crippen MR) is 172 cm³/mol. The lowest BCUT2D eigenvalue weighted by Gasteiger charge is -2.29. The molecule has 0 saturated heterocycles. The van der Waals surface area contributed by atoms with Crippen LogP contribution in [-0.4, -0.2) is 89.1 Å². The van der Waals surface area contributed by atoms with E-state index in [0.717, 1.165) is 5.56 Å². The van der Waals surface area contributed by atoms with E-state index in [1.807, 2.05) is 66.1 Å². The average Bonchev–Trinajstić information content (AvgIpc) is 3.31. The second-order valence-electron chi connectivity index (χ2n) is 11.3. The summed E-state index contributed by atoms with van der Waals surface area (Å²) in [5.41, 5.74) is 0.225. The Labute approximate surface area is 248 Å². The van der Waals surface area contributed by atoms with E-state index >= 15 is 0 Å². The van der Waals surface area contributed by atoms with E-state index in [2.05, 4.69) is 15.2 Å². The third kappa shape index (κ3) is 7.62. The maximum Gasteiger partial charge on any atom is 0.289 e. The zero-order valence-corrected chi connectivity index (χ0v) is 25.1. The SMILES string of the molecule is BC(B)(B)Oc1cccc(OC(B)(B)B)c1-n1c(COCC)nc(=O)c(-c2nnc(Cc3ccc(Cl)cc3)o2)c1O. The van der Waals surface area contributed by atoms with E-state index in [4.69, 9.17) is 30.2 Å². The first-order valence-electron chi connectivity index (χ1n) is 13.3. The molecule has 4 aromatic rings. The van der Waals surface area contributed by atoms with Crippen molar-refractivity contribution in [3.63, 3.8) is 0 Å². The van der Waals surface area contributed by atoms with Gasteiger partial charge in [-0.25, -0.2) is 0 Å². The molecule has 0 fully saturated rings. The first-order chi connectivity index (χ1) is 19.3. The lowest BCUT2D eigenvalue weighted by atomic mass is 9.52. The molecule has 0 aliphatic heterocycles. The van der Waals surface area contributed by atoms with Crippen LogP contribution in [0, 0.1) is 0 Å². The van der Waals surface area contributed by atoms with Crippen molar-refractivity contribution >= 4 is 58.7 Å². The van der Waals surface area contributed by atoms with Crippen LogP contribution < -0.4 is 15.0 Å². The number of nitrogens with zero attached hydrogens (tertiary/aromatic N) is 4. The van der Waals surface area contributed by atoms with Gasteiger partial charge in [-0.2, -0.15) is 4.98 Å². The van der Waals surface area contributed by atoms with Gasteiger partial charge in [0.25, 0.3) is 11.4 Å². The second-order valence-corrected chi connectivity index (χ2v) is 11.8. The highest BCUT2D eigenvalue weighted by atomic mass is 35.5. The van der Waals surface area contributed by atoms with Gasteiger partial charge in [-0.05, 0) is 36.8 Å². The smallest absolute Gasteiger partial charge is 0.289 e. The van der Waals surface area contributed by atoms with Gasteiger partial charge < -0.3 is 23.7 Å². The number of ether oxygens (including phenoxy) is 3. The number of hydrogen-bond donors (Lipinski definition) is 1. The molecule has 0 unspecified atom stereocenters. The normalized spacial score (nSPS) is 11.9. The minimum Gasteiger partial charge on any atom is -0.511 e. The van der Waals surface area contributed by atoms with Crippen molar-refractivity contribution in [3.8, 4) is 34.5 Å². The number of rotatable bonds is 11. The van der Waals surface area contributed by atoms with Gasteiger partial charge in [0.15, 0.2) is 5.56 Å². The number of para-hydroxylation sites is 1. The Balaban J connectivity index is 1.93. The molecular formula is C24H29B6ClN4O6. The molecule has 41 heavy (non-hydrogen) atoms. The number of benzene rings is 2. The van der Waals surface area contributed by atoms with E-state index in [0.29, 0.717) is 35.2 Å². The van der Waals surface area contributed by atoms with Crippen LogP contribution in [0.3, 0.4) is 0 Å². The van der Waals surface area contributed by atoms with Gasteiger partial charge in [0.05, 0.1) is 6.42 Å². The van der Waals surface area contributed by atoms with Crippen LogP contribution in [0.5, 0.6) is 17.4 Å². The van der Waals surface area contributed by atoms with Gasteiger partial charge in [0.2, 0.25) is 11.8 Å². The molecule has 17 heteroatoms. The fourth-order valence-electron chi connectivity index (χ4n) is 4.02. The molecule has 2 aromatic carbocycles. The minimum absolute atomic E-state index is 0.0654. The Morgan fingerprint density at radius 2 is 1.59 bits per heavy atom. The maximum absolute atomic E-state index is 13.3. The lowest BCUT2D eigenvalue weighted by Crippen LogP contribution is -2.39. The molecule has 0 bridgehead atoms. The lowest BCUT2D eigenvalue weighted by molar-refractivity contribution is 0.125. The Kier molecular flexibility index (Phi) is 9.03. The van der Waals surface area contributed by atoms with Crippen molar-refractivity contribution in [2.24, 2.45) is 0 Å². The van der Waals surface area contributed by atoms with Crippen molar-refractivity contribution in [2.45, 2.75) is 30.5 Å². The highest BCUT2D eigenvalue weighted by Gasteiger charge is 2.29. The zero-order valence-electron chi connectivity index (χ0n) is 24.3. The summed E-state index contributed by atoms with van der Waals surface area (Å²) in [5, 5.41) is 19.3. The quantitative estimate of drug-likeness (QED) is 0.196. The molecule has 2 heterocycles. The summed E-state index contributed by atoms with van der Waals surface area (Å²) >= 11 is 5.99. The van der Waals surface area contributed by atoms with Crippen molar-refractivity contribution in [1.29, 1.82) is 0 Å². The molecule has 2 aromatic heterocycles. The summed E-state index contributed by atoms with van der Waals surface area (Å²) < 4.78 is 25.4. The fourth-order valence-corrected chi connectivity index (χ4v) is 4.14. The van der Waals surface area contributed by atoms with Crippen LogP contribution in [-0.2, 0) is 17.8 Å². The Bertz CT molecular complexity index is 1550. The maximum atomic E-state index is 13.3. The molecular weight excluding hydrogens is 541 g/mol. The first kappa shape index (κ1) is 30.5. The molecule has 0 radical (unpaired) electrons. The summed E-state index contributed by atoms with van der Waals surface area (Å²) in [7, 11) is 11.4. The van der Waals surface area contributed by atoms with Gasteiger partial charge in [0.1, 0.15) is 76.7 Å². The van der Waals surface area contributed by atoms with Gasteiger partial charge in [-0.3, -0.25) is 9.36 Å². The van der Waals surface area contributed by atoms with E-state index in [9.17, 15) is 9.90 Å². The van der Waals surface area contributed by atoms with Crippen molar-refractivity contribution in [1.82, 2.24) is 19.7 Å². The zero-order chi connectivity index (χ0) is 29.9. The Morgan fingerprint density at radius 3 is 2.15 bits per heavy atom.